The highest BCUT2D eigenvalue weighted by molar-refractivity contribution is 8.00. The van der Waals surface area contributed by atoms with Crippen LogP contribution < -0.4 is 5.32 Å². The Balaban J connectivity index is 1.56. The molecule has 1 fully saturated rings. The molecule has 0 bridgehead atoms. The lowest BCUT2D eigenvalue weighted by atomic mass is 10.2. The predicted octanol–water partition coefficient (Wildman–Crippen LogP) is 2.98. The van der Waals surface area contributed by atoms with E-state index in [1.807, 2.05) is 21.6 Å². The van der Waals surface area contributed by atoms with Gasteiger partial charge in [-0.3, -0.25) is 19.1 Å². The summed E-state index contributed by atoms with van der Waals surface area (Å²) < 4.78 is 6.86. The summed E-state index contributed by atoms with van der Waals surface area (Å²) in [5.41, 5.74) is 0.775. The van der Waals surface area contributed by atoms with Gasteiger partial charge in [-0.1, -0.05) is 23.3 Å². The highest BCUT2D eigenvalue weighted by Crippen LogP contribution is 2.27. The Morgan fingerprint density at radius 2 is 2.19 bits per heavy atom. The molecule has 0 radical (unpaired) electrons. The zero-order valence-electron chi connectivity index (χ0n) is 18.0. The van der Waals surface area contributed by atoms with Crippen LogP contribution in [-0.4, -0.2) is 53.4 Å². The minimum atomic E-state index is -0.473. The fourth-order valence-electron chi connectivity index (χ4n) is 3.47. The summed E-state index contributed by atoms with van der Waals surface area (Å²) in [5, 5.41) is 15.3. The largest absolute Gasteiger partial charge is 0.360 e. The summed E-state index contributed by atoms with van der Waals surface area (Å²) in [7, 11) is 0. The number of anilines is 1. The van der Waals surface area contributed by atoms with Crippen LogP contribution in [0, 0.1) is 6.92 Å². The number of carbonyl (C=O) groups excluding carboxylic acids is 2. The minimum Gasteiger partial charge on any atom is -0.360 e. The SMILES string of the molecule is Cc1cc(NC(=O)[C@H](C)Sc2nnc(CN3CCCCCC3=O)n2-c2cccnc2)no1. The first kappa shape index (κ1) is 22.0. The van der Waals surface area contributed by atoms with Crippen LogP contribution in [0.2, 0.25) is 0 Å². The maximum Gasteiger partial charge on any atom is 0.238 e. The minimum absolute atomic E-state index is 0.132. The molecule has 0 unspecified atom stereocenters. The summed E-state index contributed by atoms with van der Waals surface area (Å²) in [4.78, 5) is 31.2. The zero-order chi connectivity index (χ0) is 22.5. The van der Waals surface area contributed by atoms with Crippen molar-refractivity contribution < 1.29 is 14.1 Å². The lowest BCUT2D eigenvalue weighted by Crippen LogP contribution is -2.31. The number of likely N-dealkylation sites (tertiary alicyclic amines) is 1. The van der Waals surface area contributed by atoms with Gasteiger partial charge >= 0.3 is 0 Å². The summed E-state index contributed by atoms with van der Waals surface area (Å²) in [6.45, 7) is 4.61. The Labute approximate surface area is 189 Å². The molecule has 1 aliphatic rings. The first-order valence-electron chi connectivity index (χ1n) is 10.5. The van der Waals surface area contributed by atoms with Crippen LogP contribution in [0.5, 0.6) is 0 Å². The summed E-state index contributed by atoms with van der Waals surface area (Å²) in [5.74, 6) is 1.52. The molecule has 0 aliphatic carbocycles. The van der Waals surface area contributed by atoms with Crippen molar-refractivity contribution in [2.24, 2.45) is 0 Å². The van der Waals surface area contributed by atoms with E-state index in [0.717, 1.165) is 24.9 Å². The molecule has 32 heavy (non-hydrogen) atoms. The van der Waals surface area contributed by atoms with Gasteiger partial charge in [0, 0.05) is 25.2 Å². The van der Waals surface area contributed by atoms with Crippen molar-refractivity contribution in [3.05, 3.63) is 42.2 Å². The normalized spacial score (nSPS) is 15.4. The Bertz CT molecular complexity index is 1080. The van der Waals surface area contributed by atoms with Gasteiger partial charge in [0.1, 0.15) is 5.76 Å². The highest BCUT2D eigenvalue weighted by atomic mass is 32.2. The molecule has 0 aromatic carbocycles. The second kappa shape index (κ2) is 9.94. The molecule has 168 valence electrons. The third-order valence-corrected chi connectivity index (χ3v) is 6.18. The average Bonchev–Trinajstić information content (AvgIpc) is 3.31. The lowest BCUT2D eigenvalue weighted by Gasteiger charge is -2.20. The number of carbonyl (C=O) groups is 2. The Morgan fingerprint density at radius 1 is 1.31 bits per heavy atom. The number of thioether (sulfide) groups is 1. The number of aryl methyl sites for hydroxylation is 1. The zero-order valence-corrected chi connectivity index (χ0v) is 18.8. The quantitative estimate of drug-likeness (QED) is 0.540. The molecule has 2 amide bonds. The molecule has 3 aromatic heterocycles. The number of pyridine rings is 1. The maximum absolute atomic E-state index is 12.6. The number of hydrogen-bond acceptors (Lipinski definition) is 8. The van der Waals surface area contributed by atoms with Crippen LogP contribution in [0.1, 0.15) is 44.2 Å². The molecule has 1 saturated heterocycles. The van der Waals surface area contributed by atoms with Crippen LogP contribution in [0.4, 0.5) is 5.82 Å². The summed E-state index contributed by atoms with van der Waals surface area (Å²) >= 11 is 1.27. The van der Waals surface area contributed by atoms with Crippen molar-refractivity contribution in [3.8, 4) is 5.69 Å². The van der Waals surface area contributed by atoms with Crippen molar-refractivity contribution in [3.63, 3.8) is 0 Å². The average molecular weight is 456 g/mol. The molecule has 1 atom stereocenters. The Hall–Kier alpha value is -3.21. The fraction of sp³-hybridized carbons (Fsp3) is 0.429. The van der Waals surface area contributed by atoms with Gasteiger partial charge in [-0.15, -0.1) is 10.2 Å². The van der Waals surface area contributed by atoms with E-state index < -0.39 is 5.25 Å². The predicted molar refractivity (Wildman–Crippen MR) is 118 cm³/mol. The van der Waals surface area contributed by atoms with E-state index >= 15 is 0 Å². The van der Waals surface area contributed by atoms with E-state index in [0.29, 0.717) is 42.1 Å². The Morgan fingerprint density at radius 3 is 2.94 bits per heavy atom. The van der Waals surface area contributed by atoms with Crippen LogP contribution in [-0.2, 0) is 16.1 Å². The van der Waals surface area contributed by atoms with Gasteiger partial charge in [0.2, 0.25) is 11.8 Å². The fourth-order valence-corrected chi connectivity index (χ4v) is 4.35. The number of amides is 2. The van der Waals surface area contributed by atoms with Crippen LogP contribution in [0.25, 0.3) is 5.69 Å². The van der Waals surface area contributed by atoms with E-state index in [1.165, 1.54) is 11.8 Å². The van der Waals surface area contributed by atoms with Crippen LogP contribution >= 0.6 is 11.8 Å². The van der Waals surface area contributed by atoms with Gasteiger partial charge in [0.05, 0.1) is 23.7 Å². The van der Waals surface area contributed by atoms with Crippen molar-refractivity contribution in [1.82, 2.24) is 29.8 Å². The summed E-state index contributed by atoms with van der Waals surface area (Å²) in [6, 6.07) is 5.38. The number of aromatic nitrogens is 5. The van der Waals surface area contributed by atoms with E-state index in [-0.39, 0.29) is 11.8 Å². The molecule has 0 saturated carbocycles. The first-order valence-corrected chi connectivity index (χ1v) is 11.4. The Kier molecular flexibility index (Phi) is 6.84. The molecule has 1 N–H and O–H groups in total. The molecule has 0 spiro atoms. The molecular weight excluding hydrogens is 430 g/mol. The lowest BCUT2D eigenvalue weighted by molar-refractivity contribution is -0.131. The second-order valence-electron chi connectivity index (χ2n) is 7.64. The molecular formula is C21H25N7O3S. The van der Waals surface area contributed by atoms with Crippen molar-refractivity contribution in [2.75, 3.05) is 11.9 Å². The van der Waals surface area contributed by atoms with Crippen molar-refractivity contribution in [2.45, 2.75) is 56.5 Å². The van der Waals surface area contributed by atoms with Gasteiger partial charge in [-0.2, -0.15) is 0 Å². The first-order chi connectivity index (χ1) is 15.5. The van der Waals surface area contributed by atoms with E-state index in [9.17, 15) is 9.59 Å². The van der Waals surface area contributed by atoms with E-state index in [2.05, 4.69) is 25.7 Å². The molecule has 10 nitrogen and oxygen atoms in total. The van der Waals surface area contributed by atoms with Crippen LogP contribution in [0.3, 0.4) is 0 Å². The number of nitrogens with zero attached hydrogens (tertiary/aromatic N) is 6. The van der Waals surface area contributed by atoms with Gasteiger partial charge in [0.25, 0.3) is 0 Å². The smallest absolute Gasteiger partial charge is 0.238 e. The van der Waals surface area contributed by atoms with E-state index in [4.69, 9.17) is 4.52 Å². The standard InChI is InChI=1S/C21H25N7O3S/c1-14-11-17(26-31-14)23-20(30)15(2)32-21-25-24-18(28(21)16-7-6-9-22-12-16)13-27-10-5-3-4-8-19(27)29/h6-7,9,11-12,15H,3-5,8,10,13H2,1-2H3,(H,23,26,30)/t15-/m0/s1. The second-order valence-corrected chi connectivity index (χ2v) is 8.95. The molecule has 1 aliphatic heterocycles. The molecule has 3 aromatic rings. The molecule has 4 rings (SSSR count). The number of rotatable bonds is 7. The maximum atomic E-state index is 12.6. The third-order valence-electron chi connectivity index (χ3n) is 5.14. The molecule has 4 heterocycles. The molecule has 11 heteroatoms. The number of nitrogens with one attached hydrogen (secondary N) is 1. The monoisotopic (exact) mass is 455 g/mol. The highest BCUT2D eigenvalue weighted by Gasteiger charge is 2.25. The van der Waals surface area contributed by atoms with Gasteiger partial charge in [-0.05, 0) is 38.8 Å². The van der Waals surface area contributed by atoms with Crippen molar-refractivity contribution >= 4 is 29.4 Å². The van der Waals surface area contributed by atoms with E-state index in [1.54, 1.807) is 32.3 Å². The van der Waals surface area contributed by atoms with Gasteiger partial charge in [-0.25, -0.2) is 0 Å². The van der Waals surface area contributed by atoms with Crippen molar-refractivity contribution in [1.29, 1.82) is 0 Å². The van der Waals surface area contributed by atoms with Gasteiger partial charge < -0.3 is 14.7 Å². The van der Waals surface area contributed by atoms with Gasteiger partial charge in [0.15, 0.2) is 16.8 Å². The summed E-state index contributed by atoms with van der Waals surface area (Å²) in [6.07, 6.45) is 6.91. The topological polar surface area (TPSA) is 119 Å². The third kappa shape index (κ3) is 5.16. The number of hydrogen-bond donors (Lipinski definition) is 1. The van der Waals surface area contributed by atoms with Crippen LogP contribution in [0.15, 0.2) is 40.3 Å².